The van der Waals surface area contributed by atoms with Gasteiger partial charge < -0.3 is 10.2 Å². The summed E-state index contributed by atoms with van der Waals surface area (Å²) in [7, 11) is 0. The molecule has 1 fully saturated rings. The molecule has 0 atom stereocenters. The van der Waals surface area contributed by atoms with Gasteiger partial charge in [-0.25, -0.2) is 5.48 Å². The van der Waals surface area contributed by atoms with Gasteiger partial charge in [-0.15, -0.1) is 0 Å². The van der Waals surface area contributed by atoms with Crippen molar-refractivity contribution in [2.75, 3.05) is 10.2 Å². The molecule has 152 valence electrons. The van der Waals surface area contributed by atoms with Crippen LogP contribution in [0.4, 0.5) is 17.1 Å². The van der Waals surface area contributed by atoms with Crippen molar-refractivity contribution in [1.29, 1.82) is 0 Å². The first-order chi connectivity index (χ1) is 14.2. The van der Waals surface area contributed by atoms with E-state index in [1.807, 2.05) is 36.4 Å². The van der Waals surface area contributed by atoms with Gasteiger partial charge in [0.05, 0.1) is 22.6 Å². The van der Waals surface area contributed by atoms with Crippen LogP contribution >= 0.6 is 0 Å². The van der Waals surface area contributed by atoms with Crippen molar-refractivity contribution in [3.63, 3.8) is 0 Å². The van der Waals surface area contributed by atoms with Crippen LogP contribution in [0.5, 0.6) is 0 Å². The fourth-order valence-corrected chi connectivity index (χ4v) is 4.09. The van der Waals surface area contributed by atoms with E-state index in [2.05, 4.69) is 16.3 Å². The lowest BCUT2D eigenvalue weighted by atomic mass is 10.0. The summed E-state index contributed by atoms with van der Waals surface area (Å²) in [5, 5.41) is 11.7. The standard InChI is InChI=1S/C23H27N3O3/c27-21(25-29)13-4-2-1-3-8-16-9-7-11-19-22(16)26(17-14-15-17)20-12-6-5-10-18(20)23(28)24-19/h5-7,9-12,17,29H,1-4,8,13-15H2,(H,24,28)(H,25,27). The van der Waals surface area contributed by atoms with Crippen LogP contribution in [0.1, 0.15) is 60.9 Å². The van der Waals surface area contributed by atoms with Gasteiger partial charge in [0.2, 0.25) is 5.91 Å². The number of carbonyl (C=O) groups is 2. The summed E-state index contributed by atoms with van der Waals surface area (Å²) in [4.78, 5) is 26.2. The molecule has 2 aromatic carbocycles. The number of unbranched alkanes of at least 4 members (excludes halogenated alkanes) is 3. The van der Waals surface area contributed by atoms with Gasteiger partial charge in [0.1, 0.15) is 0 Å². The fraction of sp³-hybridized carbons (Fsp3) is 0.391. The third-order valence-corrected chi connectivity index (χ3v) is 5.65. The molecule has 0 unspecified atom stereocenters. The lowest BCUT2D eigenvalue weighted by molar-refractivity contribution is -0.129. The molecule has 1 heterocycles. The minimum atomic E-state index is -0.326. The zero-order valence-electron chi connectivity index (χ0n) is 16.5. The summed E-state index contributed by atoms with van der Waals surface area (Å²) >= 11 is 0. The Morgan fingerprint density at radius 3 is 2.66 bits per heavy atom. The summed E-state index contributed by atoms with van der Waals surface area (Å²) in [5.41, 5.74) is 6.66. The molecule has 2 aromatic rings. The summed E-state index contributed by atoms with van der Waals surface area (Å²) in [6, 6.07) is 14.5. The molecule has 2 amide bonds. The van der Waals surface area contributed by atoms with Crippen LogP contribution in [0.2, 0.25) is 0 Å². The SMILES string of the molecule is O=C(CCCCCCc1cccc2c1N(C1CC1)c1ccccc1C(=O)N2)NO. The topological polar surface area (TPSA) is 81.7 Å². The molecule has 1 aliphatic carbocycles. The third kappa shape index (κ3) is 4.27. The average Bonchev–Trinajstić information content (AvgIpc) is 3.57. The normalized spacial score (nSPS) is 15.2. The maximum Gasteiger partial charge on any atom is 0.257 e. The van der Waals surface area contributed by atoms with E-state index in [-0.39, 0.29) is 11.8 Å². The van der Waals surface area contributed by atoms with Crippen LogP contribution in [0, 0.1) is 0 Å². The first kappa shape index (κ1) is 19.5. The number of hydrogen-bond acceptors (Lipinski definition) is 4. The van der Waals surface area contributed by atoms with Crippen LogP contribution in [0.25, 0.3) is 0 Å². The van der Waals surface area contributed by atoms with Crippen molar-refractivity contribution in [3.05, 3.63) is 53.6 Å². The van der Waals surface area contributed by atoms with Gasteiger partial charge in [-0.2, -0.15) is 0 Å². The van der Waals surface area contributed by atoms with Gasteiger partial charge in [-0.05, 0) is 55.9 Å². The smallest absolute Gasteiger partial charge is 0.257 e. The molecule has 0 aromatic heterocycles. The molecule has 1 saturated carbocycles. The van der Waals surface area contributed by atoms with Crippen LogP contribution in [0.3, 0.4) is 0 Å². The van der Waals surface area contributed by atoms with Crippen LogP contribution in [-0.4, -0.2) is 23.1 Å². The van der Waals surface area contributed by atoms with Crippen molar-refractivity contribution >= 4 is 28.9 Å². The summed E-state index contributed by atoms with van der Waals surface area (Å²) < 4.78 is 0. The largest absolute Gasteiger partial charge is 0.336 e. The predicted octanol–water partition coefficient (Wildman–Crippen LogP) is 4.55. The van der Waals surface area contributed by atoms with E-state index < -0.39 is 0 Å². The Kier molecular flexibility index (Phi) is 5.81. The molecular formula is C23H27N3O3. The zero-order chi connectivity index (χ0) is 20.2. The fourth-order valence-electron chi connectivity index (χ4n) is 4.09. The highest BCUT2D eigenvalue weighted by Crippen LogP contribution is 2.46. The molecule has 1 aliphatic heterocycles. The maximum atomic E-state index is 12.8. The first-order valence-corrected chi connectivity index (χ1v) is 10.4. The minimum Gasteiger partial charge on any atom is -0.336 e. The number of rotatable bonds is 8. The molecule has 2 aliphatic rings. The number of carbonyl (C=O) groups excluding carboxylic acids is 2. The molecule has 0 radical (unpaired) electrons. The maximum absolute atomic E-state index is 12.8. The van der Waals surface area contributed by atoms with Gasteiger partial charge in [-0.1, -0.05) is 37.1 Å². The van der Waals surface area contributed by atoms with Gasteiger partial charge >= 0.3 is 0 Å². The lowest BCUT2D eigenvalue weighted by Crippen LogP contribution is -2.21. The van der Waals surface area contributed by atoms with E-state index in [1.165, 1.54) is 5.56 Å². The van der Waals surface area contributed by atoms with Crippen molar-refractivity contribution in [2.45, 2.75) is 57.4 Å². The molecule has 0 bridgehead atoms. The Balaban J connectivity index is 1.53. The van der Waals surface area contributed by atoms with Crippen molar-refractivity contribution in [1.82, 2.24) is 5.48 Å². The number of hydroxylamine groups is 1. The van der Waals surface area contributed by atoms with Crippen molar-refractivity contribution in [3.8, 4) is 0 Å². The summed E-state index contributed by atoms with van der Waals surface area (Å²) in [5.74, 6) is -0.378. The summed E-state index contributed by atoms with van der Waals surface area (Å²) in [6.07, 6.45) is 7.34. The third-order valence-electron chi connectivity index (χ3n) is 5.65. The molecule has 29 heavy (non-hydrogen) atoms. The molecule has 3 N–H and O–H groups in total. The quantitative estimate of drug-likeness (QED) is 0.349. The Labute approximate surface area is 170 Å². The second-order valence-corrected chi connectivity index (χ2v) is 7.83. The molecule has 4 rings (SSSR count). The molecule has 6 heteroatoms. The molecular weight excluding hydrogens is 366 g/mol. The summed E-state index contributed by atoms with van der Waals surface area (Å²) in [6.45, 7) is 0. The van der Waals surface area contributed by atoms with Crippen LogP contribution in [-0.2, 0) is 11.2 Å². The highest BCUT2D eigenvalue weighted by Gasteiger charge is 2.36. The Hall–Kier alpha value is -2.86. The van der Waals surface area contributed by atoms with Crippen LogP contribution in [0.15, 0.2) is 42.5 Å². The number of para-hydroxylation sites is 2. The zero-order valence-corrected chi connectivity index (χ0v) is 16.5. The average molecular weight is 393 g/mol. The highest BCUT2D eigenvalue weighted by atomic mass is 16.5. The molecule has 6 nitrogen and oxygen atoms in total. The van der Waals surface area contributed by atoms with E-state index in [0.717, 1.165) is 67.6 Å². The number of hydrogen-bond donors (Lipinski definition) is 3. The van der Waals surface area contributed by atoms with E-state index in [9.17, 15) is 9.59 Å². The number of amides is 2. The number of anilines is 3. The van der Waals surface area contributed by atoms with Gasteiger partial charge in [0.25, 0.3) is 5.91 Å². The van der Waals surface area contributed by atoms with Gasteiger partial charge in [0.15, 0.2) is 0 Å². The predicted molar refractivity (Wildman–Crippen MR) is 113 cm³/mol. The van der Waals surface area contributed by atoms with E-state index in [4.69, 9.17) is 5.21 Å². The number of fused-ring (bicyclic) bond motifs is 2. The Bertz CT molecular complexity index is 908. The highest BCUT2D eigenvalue weighted by molar-refractivity contribution is 6.13. The molecule has 0 spiro atoms. The number of aryl methyl sites for hydroxylation is 1. The number of nitrogens with zero attached hydrogens (tertiary/aromatic N) is 1. The van der Waals surface area contributed by atoms with E-state index >= 15 is 0 Å². The number of benzene rings is 2. The van der Waals surface area contributed by atoms with E-state index in [1.54, 1.807) is 5.48 Å². The first-order valence-electron chi connectivity index (χ1n) is 10.4. The number of nitrogens with one attached hydrogen (secondary N) is 2. The van der Waals surface area contributed by atoms with Gasteiger partial charge in [-0.3, -0.25) is 14.8 Å². The Morgan fingerprint density at radius 2 is 1.86 bits per heavy atom. The monoisotopic (exact) mass is 393 g/mol. The Morgan fingerprint density at radius 1 is 1.07 bits per heavy atom. The van der Waals surface area contributed by atoms with Crippen LogP contribution < -0.4 is 15.7 Å². The van der Waals surface area contributed by atoms with Crippen molar-refractivity contribution in [2.24, 2.45) is 0 Å². The lowest BCUT2D eigenvalue weighted by Gasteiger charge is -2.28. The second-order valence-electron chi connectivity index (χ2n) is 7.83. The molecule has 0 saturated heterocycles. The van der Waals surface area contributed by atoms with E-state index in [0.29, 0.717) is 12.5 Å². The van der Waals surface area contributed by atoms with Gasteiger partial charge in [0, 0.05) is 12.5 Å². The van der Waals surface area contributed by atoms with Crippen molar-refractivity contribution < 1.29 is 14.8 Å². The second kappa shape index (κ2) is 8.66. The minimum absolute atomic E-state index is 0.0516.